The number of hydrogen-bond donors (Lipinski definition) is 0. The minimum absolute atomic E-state index is 0.0955. The van der Waals surface area contributed by atoms with Crippen LogP contribution in [-0.4, -0.2) is 4.57 Å². The average molecular weight is 729 g/mol. The number of anilines is 3. The molecule has 270 valence electrons. The normalized spacial score (nSPS) is 12.9. The summed E-state index contributed by atoms with van der Waals surface area (Å²) >= 11 is 0. The summed E-state index contributed by atoms with van der Waals surface area (Å²) < 4.78 is 2.48. The molecule has 10 aromatic rings. The van der Waals surface area contributed by atoms with Crippen LogP contribution in [0.4, 0.5) is 17.1 Å². The molecule has 0 aliphatic heterocycles. The predicted molar refractivity (Wildman–Crippen MR) is 241 cm³/mol. The van der Waals surface area contributed by atoms with Crippen molar-refractivity contribution < 1.29 is 0 Å². The van der Waals surface area contributed by atoms with E-state index in [0.29, 0.717) is 0 Å². The number of benzene rings is 9. The SMILES string of the molecule is CC1(C)c2ccccc2-c2ccc(N(c3ccccc3)c3ccc4cc5c(cc4c3)c(-c3ccccc3)c(-c3ccccc3)n5-c3ccc4ccccc4c3)cc21. The molecule has 0 atom stereocenters. The Morgan fingerprint density at radius 1 is 0.404 bits per heavy atom. The lowest BCUT2D eigenvalue weighted by atomic mass is 9.82. The molecule has 9 aromatic carbocycles. The number of aromatic nitrogens is 1. The quantitative estimate of drug-likeness (QED) is 0.165. The van der Waals surface area contributed by atoms with Crippen molar-refractivity contribution in [3.05, 3.63) is 217 Å². The molecule has 1 heterocycles. The highest BCUT2D eigenvalue weighted by atomic mass is 15.1. The molecule has 0 saturated carbocycles. The molecule has 0 N–H and O–H groups in total. The fraction of sp³-hybridized carbons (Fsp3) is 0.0545. The van der Waals surface area contributed by atoms with E-state index in [4.69, 9.17) is 0 Å². The molecule has 0 bridgehead atoms. The summed E-state index contributed by atoms with van der Waals surface area (Å²) in [4.78, 5) is 2.41. The van der Waals surface area contributed by atoms with Crippen molar-refractivity contribution in [2.75, 3.05) is 4.90 Å². The first-order chi connectivity index (χ1) is 28.0. The van der Waals surface area contributed by atoms with Crippen molar-refractivity contribution >= 4 is 49.5 Å². The van der Waals surface area contributed by atoms with E-state index in [0.717, 1.165) is 22.7 Å². The molecular formula is C55H40N2. The van der Waals surface area contributed by atoms with E-state index < -0.39 is 0 Å². The van der Waals surface area contributed by atoms with Gasteiger partial charge in [-0.1, -0.05) is 159 Å². The molecule has 0 fully saturated rings. The number of hydrogen-bond acceptors (Lipinski definition) is 1. The maximum atomic E-state index is 2.48. The highest BCUT2D eigenvalue weighted by Crippen LogP contribution is 2.51. The van der Waals surface area contributed by atoms with Gasteiger partial charge in [0.1, 0.15) is 0 Å². The van der Waals surface area contributed by atoms with E-state index in [1.807, 2.05) is 0 Å². The Balaban J connectivity index is 1.16. The van der Waals surface area contributed by atoms with Gasteiger partial charge in [-0.2, -0.15) is 0 Å². The van der Waals surface area contributed by atoms with Crippen molar-refractivity contribution in [2.24, 2.45) is 0 Å². The van der Waals surface area contributed by atoms with Gasteiger partial charge in [0, 0.05) is 39.1 Å². The van der Waals surface area contributed by atoms with Crippen molar-refractivity contribution in [1.82, 2.24) is 4.57 Å². The Kier molecular flexibility index (Phi) is 7.55. The van der Waals surface area contributed by atoms with Crippen LogP contribution < -0.4 is 4.90 Å². The molecule has 0 amide bonds. The average Bonchev–Trinajstić information content (AvgIpc) is 3.71. The van der Waals surface area contributed by atoms with Gasteiger partial charge in [-0.3, -0.25) is 0 Å². The Hall–Kier alpha value is -7.16. The third-order valence-corrected chi connectivity index (χ3v) is 12.1. The van der Waals surface area contributed by atoms with Crippen LogP contribution in [0.15, 0.2) is 206 Å². The van der Waals surface area contributed by atoms with E-state index in [1.54, 1.807) is 0 Å². The van der Waals surface area contributed by atoms with Gasteiger partial charge in [0.25, 0.3) is 0 Å². The molecule has 2 nitrogen and oxygen atoms in total. The lowest BCUT2D eigenvalue weighted by Gasteiger charge is -2.28. The third kappa shape index (κ3) is 5.33. The zero-order valence-corrected chi connectivity index (χ0v) is 32.0. The summed E-state index contributed by atoms with van der Waals surface area (Å²) in [6, 6.07) is 75.7. The fourth-order valence-corrected chi connectivity index (χ4v) is 9.36. The van der Waals surface area contributed by atoms with E-state index in [9.17, 15) is 0 Å². The molecule has 0 spiro atoms. The Morgan fingerprint density at radius 3 is 1.79 bits per heavy atom. The molecule has 1 aliphatic carbocycles. The summed E-state index contributed by atoms with van der Waals surface area (Å²) in [7, 11) is 0. The van der Waals surface area contributed by atoms with Gasteiger partial charge in [-0.05, 0) is 116 Å². The first-order valence-electron chi connectivity index (χ1n) is 19.8. The monoisotopic (exact) mass is 728 g/mol. The van der Waals surface area contributed by atoms with E-state index >= 15 is 0 Å². The number of fused-ring (bicyclic) bond motifs is 6. The van der Waals surface area contributed by atoms with Crippen LogP contribution >= 0.6 is 0 Å². The summed E-state index contributed by atoms with van der Waals surface area (Å²) in [6.45, 7) is 4.71. The van der Waals surface area contributed by atoms with Crippen molar-refractivity contribution in [3.63, 3.8) is 0 Å². The second-order valence-corrected chi connectivity index (χ2v) is 15.8. The third-order valence-electron chi connectivity index (χ3n) is 12.1. The van der Waals surface area contributed by atoms with Crippen LogP contribution in [-0.2, 0) is 5.41 Å². The van der Waals surface area contributed by atoms with Crippen LogP contribution in [0.3, 0.4) is 0 Å². The topological polar surface area (TPSA) is 8.17 Å². The number of para-hydroxylation sites is 1. The maximum Gasteiger partial charge on any atom is 0.0619 e. The first-order valence-corrected chi connectivity index (χ1v) is 19.8. The Morgan fingerprint density at radius 2 is 1.00 bits per heavy atom. The minimum Gasteiger partial charge on any atom is -0.310 e. The Bertz CT molecular complexity index is 3140. The Labute approximate surface area is 333 Å². The summed E-state index contributed by atoms with van der Waals surface area (Å²) in [6.07, 6.45) is 0. The molecule has 0 unspecified atom stereocenters. The molecule has 0 radical (unpaired) electrons. The van der Waals surface area contributed by atoms with Crippen molar-refractivity contribution in [1.29, 1.82) is 0 Å². The van der Waals surface area contributed by atoms with Crippen molar-refractivity contribution in [3.8, 4) is 39.2 Å². The predicted octanol–water partition coefficient (Wildman–Crippen LogP) is 15.0. The van der Waals surface area contributed by atoms with Crippen molar-refractivity contribution in [2.45, 2.75) is 19.3 Å². The van der Waals surface area contributed by atoms with Gasteiger partial charge in [-0.25, -0.2) is 0 Å². The largest absolute Gasteiger partial charge is 0.310 e. The number of rotatable bonds is 6. The van der Waals surface area contributed by atoms with Gasteiger partial charge in [0.05, 0.1) is 11.2 Å². The lowest BCUT2D eigenvalue weighted by Crippen LogP contribution is -2.16. The van der Waals surface area contributed by atoms with Gasteiger partial charge in [-0.15, -0.1) is 0 Å². The molecular weight excluding hydrogens is 689 g/mol. The molecule has 1 aliphatic rings. The second kappa shape index (κ2) is 13.0. The number of nitrogens with zero attached hydrogens (tertiary/aromatic N) is 2. The summed E-state index contributed by atoms with van der Waals surface area (Å²) in [5.74, 6) is 0. The highest BCUT2D eigenvalue weighted by molar-refractivity contribution is 6.11. The zero-order valence-electron chi connectivity index (χ0n) is 32.0. The molecule has 57 heavy (non-hydrogen) atoms. The van der Waals surface area contributed by atoms with Crippen LogP contribution in [0, 0.1) is 0 Å². The van der Waals surface area contributed by atoms with E-state index in [-0.39, 0.29) is 5.41 Å². The first kappa shape index (κ1) is 33.2. The van der Waals surface area contributed by atoms with Crippen LogP contribution in [0.2, 0.25) is 0 Å². The lowest BCUT2D eigenvalue weighted by molar-refractivity contribution is 0.660. The minimum atomic E-state index is -0.0955. The summed E-state index contributed by atoms with van der Waals surface area (Å²) in [5, 5.41) is 6.08. The fourth-order valence-electron chi connectivity index (χ4n) is 9.36. The second-order valence-electron chi connectivity index (χ2n) is 15.8. The highest BCUT2D eigenvalue weighted by Gasteiger charge is 2.35. The molecule has 1 aromatic heterocycles. The molecule has 2 heteroatoms. The van der Waals surface area contributed by atoms with Crippen LogP contribution in [0.5, 0.6) is 0 Å². The van der Waals surface area contributed by atoms with Gasteiger partial charge >= 0.3 is 0 Å². The van der Waals surface area contributed by atoms with Gasteiger partial charge in [0.2, 0.25) is 0 Å². The van der Waals surface area contributed by atoms with E-state index in [1.165, 1.54) is 77.1 Å². The van der Waals surface area contributed by atoms with Gasteiger partial charge in [0.15, 0.2) is 0 Å². The van der Waals surface area contributed by atoms with Gasteiger partial charge < -0.3 is 9.47 Å². The van der Waals surface area contributed by atoms with Crippen LogP contribution in [0.1, 0.15) is 25.0 Å². The summed E-state index contributed by atoms with van der Waals surface area (Å²) in [5.41, 5.74) is 15.9. The van der Waals surface area contributed by atoms with E-state index in [2.05, 4.69) is 230 Å². The standard InChI is InChI=1S/C55H40N2/c1-55(2)50-25-15-14-24-47(50)48-31-30-46(36-51(48)55)56(43-22-10-5-11-23-43)44-29-27-41-35-52-49(34-42(41)33-44)53(38-17-6-3-7-18-38)54(39-19-8-4-9-20-39)57(52)45-28-26-37-16-12-13-21-40(37)32-45/h3-36H,1-2H3. The maximum absolute atomic E-state index is 2.48. The van der Waals surface area contributed by atoms with Crippen LogP contribution in [0.25, 0.3) is 71.6 Å². The molecule has 11 rings (SSSR count). The molecule has 0 saturated heterocycles. The smallest absolute Gasteiger partial charge is 0.0619 e. The zero-order chi connectivity index (χ0) is 38.1.